The van der Waals surface area contributed by atoms with Gasteiger partial charge in [-0.05, 0) is 42.7 Å². The molecule has 0 unspecified atom stereocenters. The van der Waals surface area contributed by atoms with Gasteiger partial charge in [0.05, 0.1) is 11.3 Å². The molecule has 4 heteroatoms. The fourth-order valence-electron chi connectivity index (χ4n) is 2.66. The molecule has 1 amide bonds. The second-order valence-corrected chi connectivity index (χ2v) is 5.03. The van der Waals surface area contributed by atoms with Crippen LogP contribution in [0.25, 0.3) is 0 Å². The van der Waals surface area contributed by atoms with Crippen molar-refractivity contribution in [1.29, 1.82) is 0 Å². The van der Waals surface area contributed by atoms with E-state index in [1.807, 2.05) is 48.2 Å². The molecule has 0 aromatic heterocycles. The second-order valence-electron chi connectivity index (χ2n) is 5.03. The first kappa shape index (κ1) is 12.7. The van der Waals surface area contributed by atoms with Gasteiger partial charge in [-0.3, -0.25) is 10.6 Å². The predicted molar refractivity (Wildman–Crippen MR) is 80.8 cm³/mol. The third kappa shape index (κ3) is 2.04. The third-order valence-electron chi connectivity index (χ3n) is 3.69. The lowest BCUT2D eigenvalue weighted by atomic mass is 10.1. The maximum Gasteiger partial charge on any atom is 0.260 e. The lowest BCUT2D eigenvalue weighted by Crippen LogP contribution is -2.30. The zero-order valence-electron chi connectivity index (χ0n) is 11.4. The number of nitrogen functional groups attached to an aromatic ring is 1. The highest BCUT2D eigenvalue weighted by Gasteiger charge is 2.26. The Balaban J connectivity index is 1.99. The Morgan fingerprint density at radius 3 is 2.85 bits per heavy atom. The molecule has 2 aromatic rings. The smallest absolute Gasteiger partial charge is 0.260 e. The van der Waals surface area contributed by atoms with Gasteiger partial charge in [0.25, 0.3) is 5.91 Å². The van der Waals surface area contributed by atoms with Crippen molar-refractivity contribution >= 4 is 17.3 Å². The van der Waals surface area contributed by atoms with E-state index in [2.05, 4.69) is 11.5 Å². The molecule has 0 saturated carbocycles. The zero-order valence-corrected chi connectivity index (χ0v) is 11.4. The molecule has 102 valence electrons. The van der Waals surface area contributed by atoms with Crippen molar-refractivity contribution in [3.63, 3.8) is 0 Å². The van der Waals surface area contributed by atoms with Crippen molar-refractivity contribution in [3.8, 4) is 0 Å². The number of rotatable bonds is 2. The molecule has 0 aliphatic carbocycles. The number of carbonyl (C=O) groups is 1. The molecule has 4 nitrogen and oxygen atoms in total. The van der Waals surface area contributed by atoms with Crippen LogP contribution in [0, 0.1) is 6.92 Å². The Hall–Kier alpha value is -2.33. The Morgan fingerprint density at radius 2 is 2.05 bits per heavy atom. The molecule has 1 heterocycles. The minimum Gasteiger partial charge on any atom is -0.323 e. The molecule has 0 fully saturated rings. The summed E-state index contributed by atoms with van der Waals surface area (Å²) in [6.45, 7) is 2.69. The van der Waals surface area contributed by atoms with Gasteiger partial charge in [-0.1, -0.05) is 24.3 Å². The number of para-hydroxylation sites is 1. The molecule has 3 rings (SSSR count). The van der Waals surface area contributed by atoms with E-state index in [0.717, 1.165) is 24.2 Å². The Labute approximate surface area is 118 Å². The van der Waals surface area contributed by atoms with Crippen LogP contribution in [-0.4, -0.2) is 12.5 Å². The van der Waals surface area contributed by atoms with Crippen LogP contribution < -0.4 is 16.2 Å². The summed E-state index contributed by atoms with van der Waals surface area (Å²) in [4.78, 5) is 14.6. The third-order valence-corrected chi connectivity index (χ3v) is 3.69. The van der Waals surface area contributed by atoms with Crippen LogP contribution in [0.3, 0.4) is 0 Å². The van der Waals surface area contributed by atoms with Crippen molar-refractivity contribution in [3.05, 3.63) is 59.2 Å². The largest absolute Gasteiger partial charge is 0.323 e. The predicted octanol–water partition coefficient (Wildman–Crippen LogP) is 2.48. The number of aryl methyl sites for hydroxylation is 1. The lowest BCUT2D eigenvalue weighted by Gasteiger charge is -2.19. The number of hydrogen-bond acceptors (Lipinski definition) is 3. The minimum atomic E-state index is -0.0112. The molecule has 20 heavy (non-hydrogen) atoms. The van der Waals surface area contributed by atoms with E-state index < -0.39 is 0 Å². The highest BCUT2D eigenvalue weighted by molar-refractivity contribution is 6.10. The first-order valence-corrected chi connectivity index (χ1v) is 6.68. The molecular formula is C16H17N3O. The highest BCUT2D eigenvalue weighted by atomic mass is 16.2. The number of nitrogens with one attached hydrogen (secondary N) is 1. The Morgan fingerprint density at radius 1 is 1.25 bits per heavy atom. The molecule has 3 N–H and O–H groups in total. The standard InChI is InChI=1S/C16H17N3O/c1-11-6-7-13(14(10-11)18-17)16(20)19-9-8-12-4-2-3-5-15(12)19/h2-7,10,18H,8-9,17H2,1H3. The van der Waals surface area contributed by atoms with Gasteiger partial charge in [-0.25, -0.2) is 0 Å². The van der Waals surface area contributed by atoms with E-state index in [0.29, 0.717) is 11.3 Å². The van der Waals surface area contributed by atoms with Crippen molar-refractivity contribution in [2.45, 2.75) is 13.3 Å². The van der Waals surface area contributed by atoms with Crippen LogP contribution >= 0.6 is 0 Å². The van der Waals surface area contributed by atoms with Crippen molar-refractivity contribution in [1.82, 2.24) is 0 Å². The first-order valence-electron chi connectivity index (χ1n) is 6.68. The van der Waals surface area contributed by atoms with E-state index in [9.17, 15) is 4.79 Å². The van der Waals surface area contributed by atoms with Crippen LogP contribution in [0.15, 0.2) is 42.5 Å². The van der Waals surface area contributed by atoms with Gasteiger partial charge in [-0.15, -0.1) is 0 Å². The summed E-state index contributed by atoms with van der Waals surface area (Å²) >= 11 is 0. The number of hydrogen-bond donors (Lipinski definition) is 2. The minimum absolute atomic E-state index is 0.0112. The average molecular weight is 267 g/mol. The molecule has 1 aliphatic heterocycles. The van der Waals surface area contributed by atoms with E-state index in [-0.39, 0.29) is 5.91 Å². The number of anilines is 2. The van der Waals surface area contributed by atoms with E-state index in [1.54, 1.807) is 0 Å². The maximum atomic E-state index is 12.7. The van der Waals surface area contributed by atoms with Gasteiger partial charge in [0.15, 0.2) is 0 Å². The first-order chi connectivity index (χ1) is 9.70. The topological polar surface area (TPSA) is 58.4 Å². The summed E-state index contributed by atoms with van der Waals surface area (Å²) in [5, 5.41) is 0. The number of hydrazine groups is 1. The van der Waals surface area contributed by atoms with Crippen LogP contribution in [0.4, 0.5) is 11.4 Å². The Kier molecular flexibility index (Phi) is 3.16. The van der Waals surface area contributed by atoms with Gasteiger partial charge in [0.1, 0.15) is 0 Å². The normalized spacial score (nSPS) is 13.2. The van der Waals surface area contributed by atoms with Crippen molar-refractivity contribution in [2.75, 3.05) is 16.9 Å². The highest BCUT2D eigenvalue weighted by Crippen LogP contribution is 2.30. The summed E-state index contributed by atoms with van der Waals surface area (Å²) < 4.78 is 0. The number of carbonyl (C=O) groups excluding carboxylic acids is 1. The lowest BCUT2D eigenvalue weighted by molar-refractivity contribution is 0.0990. The number of nitrogens with zero attached hydrogens (tertiary/aromatic N) is 1. The number of amides is 1. The monoisotopic (exact) mass is 267 g/mol. The zero-order chi connectivity index (χ0) is 14.1. The van der Waals surface area contributed by atoms with E-state index >= 15 is 0 Å². The number of fused-ring (bicyclic) bond motifs is 1. The summed E-state index contributed by atoms with van der Waals surface area (Å²) in [7, 11) is 0. The molecule has 0 radical (unpaired) electrons. The fraction of sp³-hybridized carbons (Fsp3) is 0.188. The van der Waals surface area contributed by atoms with Gasteiger partial charge >= 0.3 is 0 Å². The summed E-state index contributed by atoms with van der Waals surface area (Å²) in [6, 6.07) is 13.7. The van der Waals surface area contributed by atoms with Crippen LogP contribution in [0.2, 0.25) is 0 Å². The number of benzene rings is 2. The molecule has 0 spiro atoms. The summed E-state index contributed by atoms with van der Waals surface area (Å²) in [6.07, 6.45) is 0.902. The molecule has 0 atom stereocenters. The molecule has 0 bridgehead atoms. The fourth-order valence-corrected chi connectivity index (χ4v) is 2.66. The van der Waals surface area contributed by atoms with E-state index in [1.165, 1.54) is 5.56 Å². The van der Waals surface area contributed by atoms with Gasteiger partial charge in [0.2, 0.25) is 0 Å². The van der Waals surface area contributed by atoms with Gasteiger partial charge < -0.3 is 10.3 Å². The second kappa shape index (κ2) is 4.98. The average Bonchev–Trinajstić information content (AvgIpc) is 2.90. The van der Waals surface area contributed by atoms with Crippen molar-refractivity contribution < 1.29 is 4.79 Å². The summed E-state index contributed by atoms with van der Waals surface area (Å²) in [5.74, 6) is 5.52. The molecule has 1 aliphatic rings. The van der Waals surface area contributed by atoms with Crippen LogP contribution in [0.5, 0.6) is 0 Å². The number of nitrogens with two attached hydrogens (primary N) is 1. The molecule has 0 saturated heterocycles. The van der Waals surface area contributed by atoms with Gasteiger partial charge in [-0.2, -0.15) is 0 Å². The van der Waals surface area contributed by atoms with Crippen molar-refractivity contribution in [2.24, 2.45) is 5.84 Å². The Bertz CT molecular complexity index is 667. The quantitative estimate of drug-likeness (QED) is 0.649. The molecular weight excluding hydrogens is 250 g/mol. The van der Waals surface area contributed by atoms with E-state index in [4.69, 9.17) is 5.84 Å². The molecule has 2 aromatic carbocycles. The SMILES string of the molecule is Cc1ccc(C(=O)N2CCc3ccccc32)c(NN)c1. The van der Waals surface area contributed by atoms with Crippen LogP contribution in [0.1, 0.15) is 21.5 Å². The van der Waals surface area contributed by atoms with Crippen LogP contribution in [-0.2, 0) is 6.42 Å². The van der Waals surface area contributed by atoms with Gasteiger partial charge in [0, 0.05) is 12.2 Å². The summed E-state index contributed by atoms with van der Waals surface area (Å²) in [5.41, 5.74) is 7.17. The maximum absolute atomic E-state index is 12.7.